The number of unbranched alkanes of at least 4 members (excludes halogenated alkanes) is 3. The highest BCUT2D eigenvalue weighted by atomic mass is 79.9. The molecule has 0 aliphatic carbocycles. The van der Waals surface area contributed by atoms with Crippen LogP contribution in [0.25, 0.3) is 10.8 Å². The van der Waals surface area contributed by atoms with E-state index in [1.54, 1.807) is 0 Å². The van der Waals surface area contributed by atoms with Gasteiger partial charge in [-0.15, -0.1) is 0 Å². The number of fused-ring (bicyclic) bond motifs is 1. The van der Waals surface area contributed by atoms with E-state index >= 15 is 0 Å². The number of halogens is 1. The van der Waals surface area contributed by atoms with Crippen LogP contribution in [0.4, 0.5) is 0 Å². The van der Waals surface area contributed by atoms with Gasteiger partial charge in [0.25, 0.3) is 0 Å². The number of hydrogen-bond acceptors (Lipinski definition) is 3. The quantitative estimate of drug-likeness (QED) is 0.0742. The topological polar surface area (TPSA) is 43.4 Å². The van der Waals surface area contributed by atoms with Crippen LogP contribution in [0.15, 0.2) is 133 Å². The summed E-state index contributed by atoms with van der Waals surface area (Å²) in [5.74, 6) is -0.328. The van der Waals surface area contributed by atoms with Gasteiger partial charge in [-0.25, -0.2) is 0 Å². The standard InChI is InChI=1S/C38H38O3P.BrH/c39-37(33-25-24-31-16-12-13-17-32(31)30-33)26-27-38(40)41-28-14-1-2-15-29-42(34-18-6-3-7-19-34,35-20-8-4-9-21-35)36-22-10-5-11-23-36;/h3-13,16-25,30H,1-2,14-15,26-29H2;1H/q+1;/p-1. The molecule has 0 bridgehead atoms. The molecule has 0 atom stereocenters. The van der Waals surface area contributed by atoms with Gasteiger partial charge in [-0.1, -0.05) is 91.0 Å². The summed E-state index contributed by atoms with van der Waals surface area (Å²) in [4.78, 5) is 24.9. The lowest BCUT2D eigenvalue weighted by atomic mass is 10.0. The molecule has 0 aromatic heterocycles. The van der Waals surface area contributed by atoms with Crippen LogP contribution in [0, 0.1) is 0 Å². The Kier molecular flexibility index (Phi) is 12.3. The van der Waals surface area contributed by atoms with Crippen molar-refractivity contribution in [3.63, 3.8) is 0 Å². The molecule has 0 amide bonds. The molecule has 0 saturated heterocycles. The van der Waals surface area contributed by atoms with Crippen LogP contribution >= 0.6 is 7.26 Å². The second-order valence-electron chi connectivity index (χ2n) is 10.7. The number of Topliss-reactive ketones (excluding diaryl/α,β-unsaturated/α-hetero) is 1. The third-order valence-corrected chi connectivity index (χ3v) is 12.4. The summed E-state index contributed by atoms with van der Waals surface area (Å²) < 4.78 is 5.47. The number of rotatable bonds is 14. The van der Waals surface area contributed by atoms with E-state index in [0.29, 0.717) is 12.2 Å². The molecule has 0 saturated carbocycles. The smallest absolute Gasteiger partial charge is 0.306 e. The first-order valence-corrected chi connectivity index (χ1v) is 16.9. The number of carbonyl (C=O) groups is 2. The van der Waals surface area contributed by atoms with Gasteiger partial charge in [0, 0.05) is 12.0 Å². The lowest BCUT2D eigenvalue weighted by molar-refractivity contribution is -0.143. The first kappa shape index (κ1) is 32.3. The van der Waals surface area contributed by atoms with E-state index in [4.69, 9.17) is 4.74 Å². The van der Waals surface area contributed by atoms with Crippen molar-refractivity contribution in [2.24, 2.45) is 0 Å². The van der Waals surface area contributed by atoms with Crippen LogP contribution in [0.2, 0.25) is 0 Å². The summed E-state index contributed by atoms with van der Waals surface area (Å²) in [6.07, 6.45) is 5.39. The summed E-state index contributed by atoms with van der Waals surface area (Å²) in [6.45, 7) is 0.402. The number of ketones is 1. The van der Waals surface area contributed by atoms with E-state index in [1.165, 1.54) is 15.9 Å². The van der Waals surface area contributed by atoms with Gasteiger partial charge >= 0.3 is 5.97 Å². The zero-order valence-corrected chi connectivity index (χ0v) is 26.9. The third-order valence-electron chi connectivity index (χ3n) is 7.87. The van der Waals surface area contributed by atoms with Gasteiger partial charge in [-0.05, 0) is 78.9 Å². The lowest BCUT2D eigenvalue weighted by Gasteiger charge is -2.27. The highest BCUT2D eigenvalue weighted by Crippen LogP contribution is 2.56. The zero-order chi connectivity index (χ0) is 29.0. The van der Waals surface area contributed by atoms with E-state index in [1.807, 2.05) is 42.5 Å². The number of hydrogen-bond donors (Lipinski definition) is 0. The summed E-state index contributed by atoms with van der Waals surface area (Å²) in [5, 5.41) is 6.36. The van der Waals surface area contributed by atoms with Crippen LogP contribution in [0.3, 0.4) is 0 Å². The average molecular weight is 654 g/mol. The Morgan fingerprint density at radius 3 is 1.63 bits per heavy atom. The van der Waals surface area contributed by atoms with Gasteiger partial charge in [0.2, 0.25) is 0 Å². The van der Waals surface area contributed by atoms with Crippen molar-refractivity contribution >= 4 is 45.7 Å². The van der Waals surface area contributed by atoms with Crippen molar-refractivity contribution in [2.75, 3.05) is 12.8 Å². The molecule has 0 N–H and O–H groups in total. The zero-order valence-electron chi connectivity index (χ0n) is 24.4. The molecule has 0 fully saturated rings. The Balaban J connectivity index is 0.00000423. The summed E-state index contributed by atoms with van der Waals surface area (Å²) in [6, 6.07) is 46.6. The van der Waals surface area contributed by atoms with Crippen molar-refractivity contribution in [3.8, 4) is 0 Å². The maximum atomic E-state index is 12.6. The van der Waals surface area contributed by atoms with Crippen LogP contribution in [-0.4, -0.2) is 24.5 Å². The lowest BCUT2D eigenvalue weighted by Crippen LogP contribution is -3.00. The molecule has 3 nitrogen and oxygen atoms in total. The predicted molar refractivity (Wildman–Crippen MR) is 177 cm³/mol. The van der Waals surface area contributed by atoms with Gasteiger partial charge in [0.15, 0.2) is 5.78 Å². The van der Waals surface area contributed by atoms with Crippen molar-refractivity contribution < 1.29 is 31.3 Å². The SMILES string of the molecule is O=C(CCC(=O)c1ccc2ccccc2c1)OCCCCCC[P+](c1ccccc1)(c1ccccc1)c1ccccc1.[Br-]. The molecule has 0 aliphatic heterocycles. The van der Waals surface area contributed by atoms with Crippen LogP contribution in [0.1, 0.15) is 48.9 Å². The number of carbonyl (C=O) groups excluding carboxylic acids is 2. The Morgan fingerprint density at radius 1 is 0.535 bits per heavy atom. The number of ether oxygens (including phenoxy) is 1. The molecule has 43 heavy (non-hydrogen) atoms. The molecular formula is C38H38BrO3P. The molecule has 5 rings (SSSR count). The molecule has 5 aromatic rings. The maximum Gasteiger partial charge on any atom is 0.306 e. The fourth-order valence-corrected chi connectivity index (χ4v) is 10.1. The monoisotopic (exact) mass is 652 g/mol. The Hall–Kier alpha value is -3.59. The molecule has 5 heteroatoms. The van der Waals surface area contributed by atoms with Crippen LogP contribution in [-0.2, 0) is 9.53 Å². The Bertz CT molecular complexity index is 1490. The van der Waals surface area contributed by atoms with Gasteiger partial charge in [0.1, 0.15) is 23.2 Å². The van der Waals surface area contributed by atoms with E-state index < -0.39 is 7.26 Å². The Labute approximate surface area is 266 Å². The van der Waals surface area contributed by atoms with Crippen LogP contribution < -0.4 is 32.9 Å². The van der Waals surface area contributed by atoms with E-state index in [9.17, 15) is 9.59 Å². The molecule has 0 heterocycles. The maximum absolute atomic E-state index is 12.6. The van der Waals surface area contributed by atoms with Gasteiger partial charge in [-0.2, -0.15) is 0 Å². The molecule has 0 aliphatic rings. The second-order valence-corrected chi connectivity index (χ2v) is 14.3. The molecule has 5 aromatic carbocycles. The van der Waals surface area contributed by atoms with E-state index in [-0.39, 0.29) is 41.6 Å². The third kappa shape index (κ3) is 8.28. The Morgan fingerprint density at radius 2 is 1.05 bits per heavy atom. The highest BCUT2D eigenvalue weighted by molar-refractivity contribution is 7.95. The number of esters is 1. The van der Waals surface area contributed by atoms with E-state index in [0.717, 1.165) is 42.6 Å². The fraction of sp³-hybridized carbons (Fsp3) is 0.211. The first-order valence-electron chi connectivity index (χ1n) is 14.9. The van der Waals surface area contributed by atoms with Crippen molar-refractivity contribution in [2.45, 2.75) is 38.5 Å². The van der Waals surface area contributed by atoms with E-state index in [2.05, 4.69) is 91.0 Å². The van der Waals surface area contributed by atoms with Crippen molar-refractivity contribution in [3.05, 3.63) is 139 Å². The molecular weight excluding hydrogens is 615 g/mol. The van der Waals surface area contributed by atoms with Crippen molar-refractivity contribution in [1.82, 2.24) is 0 Å². The fourth-order valence-electron chi connectivity index (χ4n) is 5.67. The average Bonchev–Trinajstić information content (AvgIpc) is 3.06. The minimum Gasteiger partial charge on any atom is -1.00 e. The number of benzene rings is 5. The van der Waals surface area contributed by atoms with Gasteiger partial charge in [0.05, 0.1) is 19.2 Å². The minimum absolute atomic E-state index is 0. The second kappa shape index (κ2) is 16.3. The summed E-state index contributed by atoms with van der Waals surface area (Å²) >= 11 is 0. The largest absolute Gasteiger partial charge is 1.00 e. The van der Waals surface area contributed by atoms with Crippen LogP contribution in [0.5, 0.6) is 0 Å². The molecule has 0 unspecified atom stereocenters. The molecule has 0 spiro atoms. The van der Waals surface area contributed by atoms with Gasteiger partial charge in [-0.3, -0.25) is 9.59 Å². The molecule has 0 radical (unpaired) electrons. The highest BCUT2D eigenvalue weighted by Gasteiger charge is 2.44. The minimum atomic E-state index is -1.80. The van der Waals surface area contributed by atoms with Gasteiger partial charge < -0.3 is 21.7 Å². The normalized spacial score (nSPS) is 11.1. The molecule has 220 valence electrons. The summed E-state index contributed by atoms with van der Waals surface area (Å²) in [7, 11) is -1.80. The summed E-state index contributed by atoms with van der Waals surface area (Å²) in [5.41, 5.74) is 0.641. The van der Waals surface area contributed by atoms with Crippen molar-refractivity contribution in [1.29, 1.82) is 0 Å². The predicted octanol–water partition coefficient (Wildman–Crippen LogP) is 4.90. The first-order chi connectivity index (χ1) is 20.7.